The first kappa shape index (κ1) is 26.1. The zero-order chi connectivity index (χ0) is 25.9. The molecule has 0 spiro atoms. The number of nitrogens with two attached hydrogens (primary N) is 2. The summed E-state index contributed by atoms with van der Waals surface area (Å²) in [5.41, 5.74) is 13.8. The van der Waals surface area contributed by atoms with Crippen LogP contribution in [-0.4, -0.2) is 43.7 Å². The van der Waals surface area contributed by atoms with Crippen molar-refractivity contribution in [2.24, 2.45) is 16.3 Å². The minimum absolute atomic E-state index is 0.202. The number of carbonyl (C=O) groups excluding carboxylic acids is 1. The molecule has 1 unspecified atom stereocenters. The van der Waals surface area contributed by atoms with Crippen LogP contribution in [0, 0.1) is 16.1 Å². The molecular weight excluding hydrogens is 521 g/mol. The van der Waals surface area contributed by atoms with E-state index in [4.69, 9.17) is 21.6 Å². The van der Waals surface area contributed by atoms with Crippen LogP contribution in [0.1, 0.15) is 32.4 Å². The SMILES string of the molecule is CC(C)c1nc2c(-c3cnc4ccc(F)cc4c3)cnn2c(N)c1Br.CC(CO)(CN=O)C(N)=O. The smallest absolute Gasteiger partial charge is 0.227 e. The zero-order valence-electron chi connectivity index (χ0n) is 19.4. The molecule has 5 N–H and O–H groups in total. The lowest BCUT2D eigenvalue weighted by Gasteiger charge is -2.18. The normalized spacial score (nSPS) is 12.9. The largest absolute Gasteiger partial charge is 0.395 e. The molecule has 4 rings (SSSR count). The summed E-state index contributed by atoms with van der Waals surface area (Å²) in [5.74, 6) is -0.303. The van der Waals surface area contributed by atoms with E-state index in [0.717, 1.165) is 32.2 Å². The van der Waals surface area contributed by atoms with E-state index >= 15 is 0 Å². The number of carbonyl (C=O) groups is 1. The highest BCUT2D eigenvalue weighted by molar-refractivity contribution is 9.10. The molecular formula is C23H25BrFN7O3. The van der Waals surface area contributed by atoms with Crippen LogP contribution in [-0.2, 0) is 4.79 Å². The van der Waals surface area contributed by atoms with Gasteiger partial charge in [0, 0.05) is 22.7 Å². The molecule has 0 saturated heterocycles. The Balaban J connectivity index is 0.000000292. The third-order valence-corrected chi connectivity index (χ3v) is 6.32. The maximum absolute atomic E-state index is 13.5. The van der Waals surface area contributed by atoms with Crippen LogP contribution < -0.4 is 11.5 Å². The molecule has 0 aliphatic rings. The lowest BCUT2D eigenvalue weighted by molar-refractivity contribution is -0.128. The first-order valence-corrected chi connectivity index (χ1v) is 11.4. The number of primary amides is 1. The topological polar surface area (TPSA) is 162 Å². The molecule has 0 fully saturated rings. The summed E-state index contributed by atoms with van der Waals surface area (Å²) < 4.78 is 15.9. The quantitative estimate of drug-likeness (QED) is 0.310. The van der Waals surface area contributed by atoms with E-state index in [1.807, 2.05) is 6.07 Å². The van der Waals surface area contributed by atoms with Gasteiger partial charge in [0.25, 0.3) is 0 Å². The molecule has 1 atom stereocenters. The number of hydrogen-bond acceptors (Lipinski definition) is 8. The molecule has 3 aromatic heterocycles. The predicted octanol–water partition coefficient (Wildman–Crippen LogP) is 3.79. The van der Waals surface area contributed by atoms with Crippen LogP contribution in [0.15, 0.2) is 46.3 Å². The van der Waals surface area contributed by atoms with Gasteiger partial charge in [-0.2, -0.15) is 14.5 Å². The monoisotopic (exact) mass is 545 g/mol. The second kappa shape index (κ2) is 10.4. The van der Waals surface area contributed by atoms with Crippen molar-refractivity contribution in [3.63, 3.8) is 0 Å². The van der Waals surface area contributed by atoms with E-state index < -0.39 is 17.9 Å². The number of hydrogen-bond donors (Lipinski definition) is 3. The molecule has 184 valence electrons. The summed E-state index contributed by atoms with van der Waals surface area (Å²) in [6.45, 7) is 4.77. The van der Waals surface area contributed by atoms with Crippen molar-refractivity contribution < 1.29 is 14.3 Å². The van der Waals surface area contributed by atoms with Crippen LogP contribution in [0.3, 0.4) is 0 Å². The molecule has 4 aromatic rings. The van der Waals surface area contributed by atoms with E-state index in [2.05, 4.69) is 45.0 Å². The Bertz CT molecular complexity index is 1410. The lowest BCUT2D eigenvalue weighted by atomic mass is 9.91. The maximum atomic E-state index is 13.5. The number of amides is 1. The fourth-order valence-electron chi connectivity index (χ4n) is 3.20. The molecule has 10 nitrogen and oxygen atoms in total. The second-order valence-electron chi connectivity index (χ2n) is 8.58. The van der Waals surface area contributed by atoms with E-state index in [9.17, 15) is 14.1 Å². The Hall–Kier alpha value is -3.51. The minimum Gasteiger partial charge on any atom is -0.395 e. The molecule has 0 aliphatic heterocycles. The number of halogens is 2. The number of pyridine rings is 1. The van der Waals surface area contributed by atoms with Gasteiger partial charge in [0.1, 0.15) is 11.6 Å². The highest BCUT2D eigenvalue weighted by Gasteiger charge is 2.30. The Morgan fingerprint density at radius 3 is 2.60 bits per heavy atom. The van der Waals surface area contributed by atoms with E-state index in [1.54, 1.807) is 23.0 Å². The first-order valence-electron chi connectivity index (χ1n) is 10.6. The van der Waals surface area contributed by atoms with Crippen LogP contribution in [0.4, 0.5) is 10.2 Å². The van der Waals surface area contributed by atoms with E-state index in [-0.39, 0.29) is 18.3 Å². The first-order chi connectivity index (χ1) is 16.5. The van der Waals surface area contributed by atoms with Gasteiger partial charge in [-0.15, -0.1) is 0 Å². The number of rotatable bonds is 6. The zero-order valence-corrected chi connectivity index (χ0v) is 21.0. The number of fused-ring (bicyclic) bond motifs is 2. The molecule has 1 aromatic carbocycles. The Morgan fingerprint density at radius 1 is 1.31 bits per heavy atom. The number of nitrogens with zero attached hydrogens (tertiary/aromatic N) is 5. The van der Waals surface area contributed by atoms with Crippen molar-refractivity contribution in [3.8, 4) is 11.1 Å². The molecule has 0 radical (unpaired) electrons. The van der Waals surface area contributed by atoms with Gasteiger partial charge in [-0.3, -0.25) is 9.78 Å². The van der Waals surface area contributed by atoms with Crippen LogP contribution in [0.5, 0.6) is 0 Å². The van der Waals surface area contributed by atoms with E-state index in [0.29, 0.717) is 11.5 Å². The highest BCUT2D eigenvalue weighted by Crippen LogP contribution is 2.33. The van der Waals surface area contributed by atoms with Gasteiger partial charge in [0.15, 0.2) is 5.65 Å². The average molecular weight is 546 g/mol. The van der Waals surface area contributed by atoms with Gasteiger partial charge in [-0.1, -0.05) is 19.0 Å². The molecule has 1 amide bonds. The predicted molar refractivity (Wildman–Crippen MR) is 135 cm³/mol. The summed E-state index contributed by atoms with van der Waals surface area (Å²) in [5, 5.41) is 16.2. The molecule has 0 aliphatic carbocycles. The number of nitrogen functional groups attached to an aromatic ring is 1. The summed E-state index contributed by atoms with van der Waals surface area (Å²) in [4.78, 5) is 29.4. The Kier molecular flexibility index (Phi) is 7.76. The van der Waals surface area contributed by atoms with Gasteiger partial charge >= 0.3 is 0 Å². The summed E-state index contributed by atoms with van der Waals surface area (Å²) in [6, 6.07) is 6.42. The number of aliphatic hydroxyl groups excluding tert-OH is 1. The van der Waals surface area contributed by atoms with Gasteiger partial charge < -0.3 is 16.6 Å². The van der Waals surface area contributed by atoms with E-state index in [1.165, 1.54) is 19.1 Å². The fourth-order valence-corrected chi connectivity index (χ4v) is 3.91. The van der Waals surface area contributed by atoms with Crippen molar-refractivity contribution in [3.05, 3.63) is 57.6 Å². The van der Waals surface area contributed by atoms with Crippen LogP contribution in [0.25, 0.3) is 27.7 Å². The van der Waals surface area contributed by atoms with Crippen molar-refractivity contribution in [2.45, 2.75) is 26.7 Å². The van der Waals surface area contributed by atoms with Crippen LogP contribution in [0.2, 0.25) is 0 Å². The molecule has 0 saturated carbocycles. The molecule has 3 heterocycles. The summed E-state index contributed by atoms with van der Waals surface area (Å²) in [7, 11) is 0. The molecule has 35 heavy (non-hydrogen) atoms. The van der Waals surface area contributed by atoms with Gasteiger partial charge in [0.05, 0.1) is 40.4 Å². The van der Waals surface area contributed by atoms with Crippen LogP contribution >= 0.6 is 15.9 Å². The lowest BCUT2D eigenvalue weighted by Crippen LogP contribution is -2.39. The van der Waals surface area contributed by atoms with Crippen molar-refractivity contribution in [1.82, 2.24) is 19.6 Å². The summed E-state index contributed by atoms with van der Waals surface area (Å²) in [6.07, 6.45) is 3.45. The third kappa shape index (κ3) is 5.28. The number of anilines is 1. The maximum Gasteiger partial charge on any atom is 0.227 e. The number of benzene rings is 1. The van der Waals surface area contributed by atoms with Gasteiger partial charge in [0.2, 0.25) is 5.91 Å². The number of aromatic nitrogens is 4. The number of nitroso groups, excluding NO2 is 1. The van der Waals surface area contributed by atoms with Crippen molar-refractivity contribution in [2.75, 3.05) is 18.9 Å². The summed E-state index contributed by atoms with van der Waals surface area (Å²) >= 11 is 3.51. The van der Waals surface area contributed by atoms with Crippen molar-refractivity contribution >= 4 is 44.2 Å². The Labute approximate surface area is 208 Å². The highest BCUT2D eigenvalue weighted by atomic mass is 79.9. The minimum atomic E-state index is -1.19. The van der Waals surface area contributed by atoms with Gasteiger partial charge in [-0.25, -0.2) is 9.37 Å². The fraction of sp³-hybridized carbons (Fsp3) is 0.304. The van der Waals surface area contributed by atoms with Gasteiger partial charge in [-0.05, 0) is 53.0 Å². The number of aliphatic hydroxyl groups is 1. The van der Waals surface area contributed by atoms with Crippen molar-refractivity contribution in [1.29, 1.82) is 0 Å². The molecule has 12 heteroatoms. The standard InChI is InChI=1S/C18H15BrFN5.C5H10N2O3/c1-9(2)16-15(19)17(21)25-18(24-16)13(8-23-25)11-5-10-6-12(20)3-4-14(10)22-7-11;1-5(3-8,2-7-10)4(6)9/h3-9H,21H2,1-2H3;8H,2-3H2,1H3,(H2,6,9). The third-order valence-electron chi connectivity index (χ3n) is 5.51. The average Bonchev–Trinajstić information content (AvgIpc) is 3.25. The second-order valence-corrected chi connectivity index (χ2v) is 9.37. The Morgan fingerprint density at radius 2 is 2.03 bits per heavy atom. The molecule has 0 bridgehead atoms.